The number of aliphatic hydroxyl groups is 1. The molecule has 6 nitrogen and oxygen atoms in total. The third-order valence-corrected chi connectivity index (χ3v) is 7.28. The summed E-state index contributed by atoms with van der Waals surface area (Å²) < 4.78 is 12.7. The molecule has 134 valence electrons. The summed E-state index contributed by atoms with van der Waals surface area (Å²) in [6.07, 6.45) is 2.26. The molecule has 2 saturated heterocycles. The first kappa shape index (κ1) is 16.8. The molecule has 1 amide bonds. The lowest BCUT2D eigenvalue weighted by molar-refractivity contribution is -0.199. The lowest BCUT2D eigenvalue weighted by atomic mass is 9.43. The summed E-state index contributed by atoms with van der Waals surface area (Å²) in [5.74, 6) is 0.788. The molecule has 5 aliphatic rings. The first-order valence-corrected chi connectivity index (χ1v) is 9.22. The number of β-amino-alcohol motifs (C(OH)–C–C–N with tert-alkyl or cyclic N) is 1. The number of rotatable bonds is 2. The molecular weight excluding hydrogens is 307 g/mol. The van der Waals surface area contributed by atoms with Gasteiger partial charge in [0.2, 0.25) is 5.91 Å². The third-order valence-electron chi connectivity index (χ3n) is 7.28. The van der Waals surface area contributed by atoms with E-state index in [0.717, 1.165) is 6.42 Å². The summed E-state index contributed by atoms with van der Waals surface area (Å²) >= 11 is 0. The largest absolute Gasteiger partial charge is 0.482 e. The van der Waals surface area contributed by atoms with Crippen LogP contribution in [0.25, 0.3) is 0 Å². The minimum absolute atomic E-state index is 0.0873. The molecule has 5 fully saturated rings. The normalized spacial score (nSPS) is 47.3. The fourth-order valence-corrected chi connectivity index (χ4v) is 5.68. The Balaban J connectivity index is 1.55. The molecule has 0 spiro atoms. The molecule has 2 unspecified atom stereocenters. The van der Waals surface area contributed by atoms with Crippen LogP contribution in [0.1, 0.15) is 47.0 Å². The number of nitrogens with zero attached hydrogens (tertiary/aromatic N) is 1. The van der Waals surface area contributed by atoms with Crippen molar-refractivity contribution >= 4 is 13.0 Å². The van der Waals surface area contributed by atoms with Gasteiger partial charge in [-0.05, 0) is 50.4 Å². The summed E-state index contributed by atoms with van der Waals surface area (Å²) in [7, 11) is -0.463. The second-order valence-corrected chi connectivity index (χ2v) is 9.07. The van der Waals surface area contributed by atoms with Gasteiger partial charge in [0.1, 0.15) is 0 Å². The summed E-state index contributed by atoms with van der Waals surface area (Å²) in [5.41, 5.74) is 5.77. The van der Waals surface area contributed by atoms with Gasteiger partial charge in [0, 0.05) is 6.54 Å². The molecule has 24 heavy (non-hydrogen) atoms. The van der Waals surface area contributed by atoms with E-state index in [9.17, 15) is 9.90 Å². The van der Waals surface area contributed by atoms with E-state index in [1.165, 1.54) is 6.42 Å². The first-order chi connectivity index (χ1) is 11.1. The van der Waals surface area contributed by atoms with Gasteiger partial charge >= 0.3 is 7.12 Å². The Labute approximate surface area is 144 Å². The number of carbonyl (C=O) groups is 1. The fourth-order valence-electron chi connectivity index (χ4n) is 5.68. The number of nitrogens with two attached hydrogens (primary N) is 1. The van der Waals surface area contributed by atoms with Gasteiger partial charge in [-0.1, -0.05) is 13.8 Å². The minimum atomic E-state index is -0.580. The molecule has 2 bridgehead atoms. The Kier molecular flexibility index (Phi) is 3.64. The van der Waals surface area contributed by atoms with Crippen LogP contribution in [0, 0.1) is 17.3 Å². The molecule has 3 N–H and O–H groups in total. The van der Waals surface area contributed by atoms with Crippen molar-refractivity contribution in [3.63, 3.8) is 0 Å². The smallest absolute Gasteiger partial charge is 0.404 e. The minimum Gasteiger partial charge on any atom is -0.404 e. The Bertz CT molecular complexity index is 557. The average Bonchev–Trinajstić information content (AvgIpc) is 3.04. The van der Waals surface area contributed by atoms with E-state index in [0.29, 0.717) is 30.2 Å². The van der Waals surface area contributed by atoms with Gasteiger partial charge in [-0.3, -0.25) is 4.79 Å². The number of aliphatic hydroxyl groups excluding tert-OH is 1. The zero-order valence-electron chi connectivity index (χ0n) is 15.1. The van der Waals surface area contributed by atoms with Crippen molar-refractivity contribution in [2.24, 2.45) is 23.0 Å². The highest BCUT2D eigenvalue weighted by Crippen LogP contribution is 2.65. The van der Waals surface area contributed by atoms with E-state index < -0.39 is 19.3 Å². The van der Waals surface area contributed by atoms with Crippen molar-refractivity contribution in [3.05, 3.63) is 0 Å². The standard InChI is InChI=1S/C17H29BN2O4/c1-9(19)15(22)20-8-11(21)7-14(20)18-23-13-6-10-5-12(16(10,2)3)17(13,4)24-18/h9-14,21H,5-8,19H2,1-4H3/t9?,10-,11-,12-,13?,14-,17-/m0/s1. The van der Waals surface area contributed by atoms with E-state index in [-0.39, 0.29) is 23.6 Å². The van der Waals surface area contributed by atoms with Crippen LogP contribution in [0.3, 0.4) is 0 Å². The van der Waals surface area contributed by atoms with Gasteiger partial charge in [0.25, 0.3) is 0 Å². The second kappa shape index (κ2) is 5.19. The van der Waals surface area contributed by atoms with Crippen LogP contribution >= 0.6 is 0 Å². The Morgan fingerprint density at radius 2 is 2.04 bits per heavy atom. The second-order valence-electron chi connectivity index (χ2n) is 9.07. The lowest BCUT2D eigenvalue weighted by Crippen LogP contribution is -2.65. The quantitative estimate of drug-likeness (QED) is 0.720. The highest BCUT2D eigenvalue weighted by Gasteiger charge is 2.69. The zero-order valence-corrected chi connectivity index (χ0v) is 15.1. The Hall–Kier alpha value is -0.625. The molecule has 0 aromatic heterocycles. The zero-order chi connectivity index (χ0) is 17.4. The van der Waals surface area contributed by atoms with Crippen LogP contribution in [0.15, 0.2) is 0 Å². The van der Waals surface area contributed by atoms with Crippen molar-refractivity contribution in [2.75, 3.05) is 6.54 Å². The maximum Gasteiger partial charge on any atom is 0.482 e. The van der Waals surface area contributed by atoms with Crippen molar-refractivity contribution in [3.8, 4) is 0 Å². The lowest BCUT2D eigenvalue weighted by Gasteiger charge is -2.64. The summed E-state index contributed by atoms with van der Waals surface area (Å²) in [4.78, 5) is 14.1. The van der Waals surface area contributed by atoms with Crippen molar-refractivity contribution in [2.45, 2.75) is 76.7 Å². The maximum absolute atomic E-state index is 12.4. The molecule has 7 heteroatoms. The van der Waals surface area contributed by atoms with Crippen LogP contribution < -0.4 is 5.73 Å². The van der Waals surface area contributed by atoms with Crippen LogP contribution in [0.4, 0.5) is 0 Å². The van der Waals surface area contributed by atoms with Crippen molar-refractivity contribution in [1.82, 2.24) is 4.90 Å². The van der Waals surface area contributed by atoms with Gasteiger partial charge in [0.05, 0.1) is 29.8 Å². The number of hydrogen-bond acceptors (Lipinski definition) is 5. The van der Waals surface area contributed by atoms with Crippen LogP contribution in [-0.2, 0) is 14.1 Å². The predicted molar refractivity (Wildman–Crippen MR) is 89.9 cm³/mol. The number of amides is 1. The van der Waals surface area contributed by atoms with Gasteiger partial charge < -0.3 is 25.0 Å². The number of carbonyl (C=O) groups excluding carboxylic acids is 1. The maximum atomic E-state index is 12.4. The molecule has 5 rings (SSSR count). The topological polar surface area (TPSA) is 85.0 Å². The van der Waals surface area contributed by atoms with E-state index in [2.05, 4.69) is 20.8 Å². The molecule has 3 aliphatic carbocycles. The summed E-state index contributed by atoms with van der Waals surface area (Å²) in [6, 6.07) is -0.580. The monoisotopic (exact) mass is 336 g/mol. The van der Waals surface area contributed by atoms with Crippen LogP contribution in [0.2, 0.25) is 0 Å². The third kappa shape index (κ3) is 2.14. The molecule has 0 aromatic rings. The molecule has 2 heterocycles. The van der Waals surface area contributed by atoms with E-state index in [4.69, 9.17) is 15.0 Å². The van der Waals surface area contributed by atoms with Crippen LogP contribution in [-0.4, -0.2) is 59.4 Å². The fraction of sp³-hybridized carbons (Fsp3) is 0.941. The molecule has 0 aromatic carbocycles. The summed E-state index contributed by atoms with van der Waals surface area (Å²) in [5, 5.41) is 10.1. The Morgan fingerprint density at radius 3 is 2.67 bits per heavy atom. The SMILES string of the molecule is CC(N)C(=O)N1C[C@@H](O)C[C@H]1B1OC2C[C@@H]3C[C@@H](C3(C)C)[C@]2(C)O1. The van der Waals surface area contributed by atoms with E-state index >= 15 is 0 Å². The molecule has 2 aliphatic heterocycles. The predicted octanol–water partition coefficient (Wildman–Crippen LogP) is 0.563. The Morgan fingerprint density at radius 1 is 1.33 bits per heavy atom. The molecule has 3 saturated carbocycles. The molecule has 0 radical (unpaired) electrons. The van der Waals surface area contributed by atoms with Crippen molar-refractivity contribution in [1.29, 1.82) is 0 Å². The van der Waals surface area contributed by atoms with Gasteiger partial charge in [0.15, 0.2) is 0 Å². The number of likely N-dealkylation sites (tertiary alicyclic amines) is 1. The van der Waals surface area contributed by atoms with Gasteiger partial charge in [-0.2, -0.15) is 0 Å². The molecule has 7 atom stereocenters. The highest BCUT2D eigenvalue weighted by atomic mass is 16.7. The van der Waals surface area contributed by atoms with E-state index in [1.54, 1.807) is 11.8 Å². The summed E-state index contributed by atoms with van der Waals surface area (Å²) in [6.45, 7) is 8.82. The highest BCUT2D eigenvalue weighted by molar-refractivity contribution is 6.48. The first-order valence-electron chi connectivity index (χ1n) is 9.22. The van der Waals surface area contributed by atoms with Crippen molar-refractivity contribution < 1.29 is 19.2 Å². The van der Waals surface area contributed by atoms with Gasteiger partial charge in [-0.15, -0.1) is 0 Å². The van der Waals surface area contributed by atoms with E-state index in [1.807, 2.05) is 0 Å². The molecular formula is C17H29BN2O4. The van der Waals surface area contributed by atoms with Gasteiger partial charge in [-0.25, -0.2) is 0 Å². The average molecular weight is 336 g/mol. The number of hydrogen-bond donors (Lipinski definition) is 2. The van der Waals surface area contributed by atoms with Crippen LogP contribution in [0.5, 0.6) is 0 Å².